The number of nitrogens with one attached hydrogen (secondary N) is 1. The number of non-ortho nitro benzene ring substituents is 1. The summed E-state index contributed by atoms with van der Waals surface area (Å²) in [6.45, 7) is 4.56. The molecule has 3 aromatic rings. The highest BCUT2D eigenvalue weighted by molar-refractivity contribution is 5.91. The van der Waals surface area contributed by atoms with Gasteiger partial charge in [-0.15, -0.1) is 0 Å². The fourth-order valence-corrected chi connectivity index (χ4v) is 3.08. The SMILES string of the molecule is Cc1cccc(Oc2cc(NC(=O)Cn3nc(C)c([N+](=O)[O-])c3C)cc([N+](=O)[O-])c2)c1. The van der Waals surface area contributed by atoms with E-state index in [9.17, 15) is 25.0 Å². The Morgan fingerprint density at radius 3 is 2.42 bits per heavy atom. The molecule has 0 aliphatic rings. The predicted molar refractivity (Wildman–Crippen MR) is 111 cm³/mol. The maximum Gasteiger partial charge on any atom is 0.312 e. The Morgan fingerprint density at radius 2 is 1.81 bits per heavy atom. The van der Waals surface area contributed by atoms with E-state index in [4.69, 9.17) is 4.74 Å². The van der Waals surface area contributed by atoms with Crippen LogP contribution in [0.2, 0.25) is 0 Å². The molecule has 0 atom stereocenters. The Balaban J connectivity index is 1.82. The number of nitrogens with zero attached hydrogens (tertiary/aromatic N) is 4. The van der Waals surface area contributed by atoms with Crippen LogP contribution in [0.3, 0.4) is 0 Å². The normalized spacial score (nSPS) is 10.5. The third-order valence-corrected chi connectivity index (χ3v) is 4.43. The van der Waals surface area contributed by atoms with Gasteiger partial charge in [0.05, 0.1) is 21.6 Å². The average Bonchev–Trinajstić information content (AvgIpc) is 2.94. The summed E-state index contributed by atoms with van der Waals surface area (Å²) in [5.41, 5.74) is 1.12. The third-order valence-electron chi connectivity index (χ3n) is 4.43. The molecular weight excluding hydrogens is 406 g/mol. The zero-order valence-electron chi connectivity index (χ0n) is 17.0. The number of aryl methyl sites for hydroxylation is 2. The van der Waals surface area contributed by atoms with Crippen molar-refractivity contribution in [3.63, 3.8) is 0 Å². The second kappa shape index (κ2) is 8.61. The molecule has 1 amide bonds. The molecule has 0 spiro atoms. The molecule has 1 N–H and O–H groups in total. The first-order valence-electron chi connectivity index (χ1n) is 9.16. The van der Waals surface area contributed by atoms with E-state index in [1.54, 1.807) is 18.2 Å². The summed E-state index contributed by atoms with van der Waals surface area (Å²) < 4.78 is 6.92. The van der Waals surface area contributed by atoms with Crippen molar-refractivity contribution in [3.8, 4) is 11.5 Å². The number of ether oxygens (including phenoxy) is 1. The summed E-state index contributed by atoms with van der Waals surface area (Å²) in [6, 6.07) is 11.1. The fourth-order valence-electron chi connectivity index (χ4n) is 3.08. The predicted octanol–water partition coefficient (Wildman–Crippen LogP) is 4.06. The van der Waals surface area contributed by atoms with Crippen molar-refractivity contribution in [2.75, 3.05) is 5.32 Å². The van der Waals surface area contributed by atoms with E-state index in [2.05, 4.69) is 10.4 Å². The maximum absolute atomic E-state index is 12.5. The van der Waals surface area contributed by atoms with Gasteiger partial charge in [-0.3, -0.25) is 29.7 Å². The summed E-state index contributed by atoms with van der Waals surface area (Å²) in [6.07, 6.45) is 0. The molecule has 3 rings (SSSR count). The molecule has 0 unspecified atom stereocenters. The van der Waals surface area contributed by atoms with Gasteiger partial charge in [0.15, 0.2) is 0 Å². The number of anilines is 1. The van der Waals surface area contributed by atoms with E-state index in [0.717, 1.165) is 5.56 Å². The van der Waals surface area contributed by atoms with Crippen LogP contribution < -0.4 is 10.1 Å². The van der Waals surface area contributed by atoms with Gasteiger partial charge in [0.2, 0.25) is 5.91 Å². The second-order valence-electron chi connectivity index (χ2n) is 6.87. The molecule has 1 heterocycles. The molecule has 11 nitrogen and oxygen atoms in total. The first kappa shape index (κ1) is 21.4. The van der Waals surface area contributed by atoms with Crippen molar-refractivity contribution in [1.82, 2.24) is 9.78 Å². The number of nitro benzene ring substituents is 1. The van der Waals surface area contributed by atoms with Gasteiger partial charge in [0.25, 0.3) is 5.69 Å². The van der Waals surface area contributed by atoms with Gasteiger partial charge < -0.3 is 10.1 Å². The van der Waals surface area contributed by atoms with Crippen molar-refractivity contribution in [1.29, 1.82) is 0 Å². The molecule has 160 valence electrons. The molecule has 0 bridgehead atoms. The largest absolute Gasteiger partial charge is 0.457 e. The molecule has 0 radical (unpaired) electrons. The summed E-state index contributed by atoms with van der Waals surface area (Å²) in [5.74, 6) is 0.118. The van der Waals surface area contributed by atoms with Crippen LogP contribution >= 0.6 is 0 Å². The zero-order chi connectivity index (χ0) is 22.7. The van der Waals surface area contributed by atoms with E-state index in [1.165, 1.54) is 36.7 Å². The molecule has 31 heavy (non-hydrogen) atoms. The lowest BCUT2D eigenvalue weighted by Gasteiger charge is -2.10. The van der Waals surface area contributed by atoms with Gasteiger partial charge >= 0.3 is 5.69 Å². The minimum atomic E-state index is -0.594. The van der Waals surface area contributed by atoms with Gasteiger partial charge in [-0.2, -0.15) is 5.10 Å². The number of nitro groups is 2. The van der Waals surface area contributed by atoms with Crippen LogP contribution in [0, 0.1) is 41.0 Å². The van der Waals surface area contributed by atoms with Gasteiger partial charge in [0, 0.05) is 12.1 Å². The second-order valence-corrected chi connectivity index (χ2v) is 6.87. The van der Waals surface area contributed by atoms with Gasteiger partial charge in [-0.25, -0.2) is 0 Å². The Morgan fingerprint density at radius 1 is 1.06 bits per heavy atom. The molecule has 0 saturated heterocycles. The van der Waals surface area contributed by atoms with Crippen LogP contribution in [0.15, 0.2) is 42.5 Å². The number of rotatable bonds is 7. The molecule has 2 aromatic carbocycles. The van der Waals surface area contributed by atoms with Crippen LogP contribution in [0.4, 0.5) is 17.1 Å². The van der Waals surface area contributed by atoms with E-state index >= 15 is 0 Å². The van der Waals surface area contributed by atoms with Crippen molar-refractivity contribution in [2.24, 2.45) is 0 Å². The van der Waals surface area contributed by atoms with Gasteiger partial charge in [-0.1, -0.05) is 12.1 Å². The molecule has 0 aliphatic carbocycles. The lowest BCUT2D eigenvalue weighted by atomic mass is 10.2. The molecule has 11 heteroatoms. The molecule has 0 fully saturated rings. The van der Waals surface area contributed by atoms with E-state index in [-0.39, 0.29) is 40.7 Å². The Kier molecular flexibility index (Phi) is 5.95. The van der Waals surface area contributed by atoms with Crippen LogP contribution in [0.25, 0.3) is 0 Å². The van der Waals surface area contributed by atoms with Gasteiger partial charge in [0.1, 0.15) is 29.4 Å². The van der Waals surface area contributed by atoms with Crippen molar-refractivity contribution in [3.05, 3.63) is 79.6 Å². The Hall–Kier alpha value is -4.28. The Bertz CT molecular complexity index is 1190. The third kappa shape index (κ3) is 5.01. The van der Waals surface area contributed by atoms with Gasteiger partial charge in [-0.05, 0) is 38.5 Å². The van der Waals surface area contributed by atoms with Crippen LogP contribution in [-0.4, -0.2) is 25.5 Å². The van der Waals surface area contributed by atoms with Crippen molar-refractivity contribution in [2.45, 2.75) is 27.3 Å². The minimum absolute atomic E-state index is 0.151. The van der Waals surface area contributed by atoms with E-state index in [0.29, 0.717) is 5.75 Å². The highest BCUT2D eigenvalue weighted by Gasteiger charge is 2.23. The number of benzene rings is 2. The van der Waals surface area contributed by atoms with E-state index < -0.39 is 15.8 Å². The smallest absolute Gasteiger partial charge is 0.312 e. The lowest BCUT2D eigenvalue weighted by Crippen LogP contribution is -2.20. The number of hydrogen-bond acceptors (Lipinski definition) is 7. The van der Waals surface area contributed by atoms with Crippen molar-refractivity contribution < 1.29 is 19.4 Å². The molecule has 1 aromatic heterocycles. The lowest BCUT2D eigenvalue weighted by molar-refractivity contribution is -0.386. The van der Waals surface area contributed by atoms with Crippen LogP contribution in [0.5, 0.6) is 11.5 Å². The first-order valence-corrected chi connectivity index (χ1v) is 9.16. The number of carbonyl (C=O) groups is 1. The minimum Gasteiger partial charge on any atom is -0.457 e. The topological polar surface area (TPSA) is 142 Å². The first-order chi connectivity index (χ1) is 14.6. The zero-order valence-corrected chi connectivity index (χ0v) is 17.0. The molecule has 0 saturated carbocycles. The number of carbonyl (C=O) groups excluding carboxylic acids is 1. The number of hydrogen-bond donors (Lipinski definition) is 1. The number of aromatic nitrogens is 2. The molecular formula is C20H19N5O6. The quantitative estimate of drug-likeness (QED) is 0.444. The van der Waals surface area contributed by atoms with Crippen LogP contribution in [-0.2, 0) is 11.3 Å². The fraction of sp³-hybridized carbons (Fsp3) is 0.200. The Labute approximate surface area is 176 Å². The highest BCUT2D eigenvalue weighted by Crippen LogP contribution is 2.30. The maximum atomic E-state index is 12.5. The summed E-state index contributed by atoms with van der Waals surface area (Å²) in [4.78, 5) is 33.7. The summed E-state index contributed by atoms with van der Waals surface area (Å²) in [5, 5.41) is 29.0. The summed E-state index contributed by atoms with van der Waals surface area (Å²) in [7, 11) is 0. The molecule has 0 aliphatic heterocycles. The summed E-state index contributed by atoms with van der Waals surface area (Å²) >= 11 is 0. The monoisotopic (exact) mass is 425 g/mol. The standard InChI is InChI=1S/C20H19N5O6/c1-12-5-4-6-17(7-12)31-18-9-15(8-16(10-18)24(27)28)21-19(26)11-23-14(3)20(25(29)30)13(2)22-23/h4-10H,11H2,1-3H3,(H,21,26). The van der Waals surface area contributed by atoms with E-state index in [1.807, 2.05) is 13.0 Å². The average molecular weight is 425 g/mol. The van der Waals surface area contributed by atoms with Crippen LogP contribution in [0.1, 0.15) is 17.0 Å². The highest BCUT2D eigenvalue weighted by atomic mass is 16.6. The number of amides is 1. The van der Waals surface area contributed by atoms with Crippen molar-refractivity contribution >= 4 is 23.0 Å².